The summed E-state index contributed by atoms with van der Waals surface area (Å²) in [5, 5.41) is 17.5. The van der Waals surface area contributed by atoms with Gasteiger partial charge < -0.3 is 10.2 Å². The zero-order valence-electron chi connectivity index (χ0n) is 7.44. The number of aliphatic hydroxyl groups is 2. The van der Waals surface area contributed by atoms with Gasteiger partial charge in [0.25, 0.3) is 0 Å². The van der Waals surface area contributed by atoms with Crippen LogP contribution in [0.3, 0.4) is 0 Å². The Labute approximate surface area is 76.6 Å². The van der Waals surface area contributed by atoms with Gasteiger partial charge in [-0.1, -0.05) is 0 Å². The molecule has 1 rings (SSSR count). The van der Waals surface area contributed by atoms with Crippen molar-refractivity contribution in [1.82, 2.24) is 4.98 Å². The minimum absolute atomic E-state index is 0.244. The van der Waals surface area contributed by atoms with E-state index in [4.69, 9.17) is 10.2 Å². The molecule has 70 valence electrons. The van der Waals surface area contributed by atoms with Crippen LogP contribution in [0.5, 0.6) is 0 Å². The molecule has 4 heteroatoms. The summed E-state index contributed by atoms with van der Waals surface area (Å²) in [6, 6.07) is 3.64. The summed E-state index contributed by atoms with van der Waals surface area (Å²) in [7, 11) is 0. The molecule has 0 aromatic carbocycles. The Hall–Kier alpha value is -1.26. The lowest BCUT2D eigenvalue weighted by molar-refractivity contribution is 0.319. The molecule has 0 aliphatic heterocycles. The van der Waals surface area contributed by atoms with E-state index in [1.54, 1.807) is 12.3 Å². The predicted molar refractivity (Wildman–Crippen MR) is 50.2 cm³/mol. The normalized spacial score (nSPS) is 9.77. The molecule has 0 bridgehead atoms. The lowest BCUT2D eigenvalue weighted by atomic mass is 10.3. The van der Waals surface area contributed by atoms with Gasteiger partial charge in [-0.2, -0.15) is 0 Å². The third-order valence-corrected chi connectivity index (χ3v) is 1.54. The number of pyridine rings is 1. The Kier molecular flexibility index (Phi) is 3.54. The molecular weight excluding hydrogens is 168 g/mol. The molecule has 0 saturated heterocycles. The number of rotatable bonds is 3. The Morgan fingerprint density at radius 1 is 1.46 bits per heavy atom. The number of aryl methyl sites for hydroxylation is 1. The maximum Gasteiger partial charge on any atom is 0.152 e. The van der Waals surface area contributed by atoms with Gasteiger partial charge in [0.15, 0.2) is 5.82 Å². The van der Waals surface area contributed by atoms with E-state index in [-0.39, 0.29) is 13.2 Å². The molecule has 0 amide bonds. The predicted octanol–water partition coefficient (Wildman–Crippen LogP) is 0.447. The first-order valence-corrected chi connectivity index (χ1v) is 3.97. The standard InChI is InChI=1S/C9H12N2O2/c1-7-2-3-10-9(4-7)11-8(5-12)6-13/h2-4,12-13H,5-6H2,1H3. The molecule has 0 unspecified atom stereocenters. The fourth-order valence-electron chi connectivity index (χ4n) is 0.864. The van der Waals surface area contributed by atoms with Crippen molar-refractivity contribution < 1.29 is 10.2 Å². The SMILES string of the molecule is Cc1ccnc(N=C(CO)CO)c1. The molecule has 0 saturated carbocycles. The summed E-state index contributed by atoms with van der Waals surface area (Å²) >= 11 is 0. The highest BCUT2D eigenvalue weighted by Gasteiger charge is 1.96. The minimum Gasteiger partial charge on any atom is -0.390 e. The van der Waals surface area contributed by atoms with Crippen molar-refractivity contribution in [2.45, 2.75) is 6.92 Å². The molecular formula is C9H12N2O2. The first-order valence-electron chi connectivity index (χ1n) is 3.97. The molecule has 0 fully saturated rings. The van der Waals surface area contributed by atoms with Gasteiger partial charge in [0.05, 0.1) is 18.9 Å². The smallest absolute Gasteiger partial charge is 0.152 e. The number of hydrogen-bond donors (Lipinski definition) is 2. The maximum absolute atomic E-state index is 8.74. The van der Waals surface area contributed by atoms with Crippen LogP contribution >= 0.6 is 0 Å². The lowest BCUT2D eigenvalue weighted by Gasteiger charge is -1.98. The highest BCUT2D eigenvalue weighted by Crippen LogP contribution is 2.09. The van der Waals surface area contributed by atoms with Gasteiger partial charge in [-0.3, -0.25) is 0 Å². The first-order chi connectivity index (χ1) is 6.26. The van der Waals surface area contributed by atoms with Crippen LogP contribution in [0.1, 0.15) is 5.56 Å². The zero-order valence-corrected chi connectivity index (χ0v) is 7.44. The van der Waals surface area contributed by atoms with Crippen LogP contribution < -0.4 is 0 Å². The third-order valence-electron chi connectivity index (χ3n) is 1.54. The second-order valence-corrected chi connectivity index (χ2v) is 2.69. The van der Waals surface area contributed by atoms with E-state index in [2.05, 4.69) is 9.98 Å². The molecule has 0 radical (unpaired) electrons. The van der Waals surface area contributed by atoms with Gasteiger partial charge in [-0.25, -0.2) is 9.98 Å². The van der Waals surface area contributed by atoms with Crippen LogP contribution in [-0.2, 0) is 0 Å². The van der Waals surface area contributed by atoms with E-state index in [1.807, 2.05) is 13.0 Å². The Bertz CT molecular complexity index is 304. The highest BCUT2D eigenvalue weighted by atomic mass is 16.3. The van der Waals surface area contributed by atoms with Crippen molar-refractivity contribution in [2.75, 3.05) is 13.2 Å². The summed E-state index contributed by atoms with van der Waals surface area (Å²) in [4.78, 5) is 7.93. The molecule has 0 aliphatic rings. The lowest BCUT2D eigenvalue weighted by Crippen LogP contribution is -2.09. The molecule has 1 aromatic rings. The summed E-state index contributed by atoms with van der Waals surface area (Å²) in [5.74, 6) is 0.512. The molecule has 4 nitrogen and oxygen atoms in total. The second kappa shape index (κ2) is 4.69. The topological polar surface area (TPSA) is 65.7 Å². The molecule has 0 spiro atoms. The average molecular weight is 180 g/mol. The number of aliphatic hydroxyl groups excluding tert-OH is 2. The van der Waals surface area contributed by atoms with E-state index in [9.17, 15) is 0 Å². The van der Waals surface area contributed by atoms with E-state index in [0.717, 1.165) is 5.56 Å². The van der Waals surface area contributed by atoms with Crippen molar-refractivity contribution in [2.24, 2.45) is 4.99 Å². The van der Waals surface area contributed by atoms with Gasteiger partial charge in [-0.05, 0) is 24.6 Å². The van der Waals surface area contributed by atoms with E-state index in [1.165, 1.54) is 0 Å². The van der Waals surface area contributed by atoms with Crippen LogP contribution in [0.4, 0.5) is 5.82 Å². The fraction of sp³-hybridized carbons (Fsp3) is 0.333. The molecule has 2 N–H and O–H groups in total. The number of aromatic nitrogens is 1. The maximum atomic E-state index is 8.74. The van der Waals surface area contributed by atoms with Crippen molar-refractivity contribution in [3.8, 4) is 0 Å². The van der Waals surface area contributed by atoms with Crippen molar-refractivity contribution in [3.05, 3.63) is 23.9 Å². The monoisotopic (exact) mass is 180 g/mol. The Balaban J connectivity index is 2.89. The summed E-state index contributed by atoms with van der Waals surface area (Å²) in [5.41, 5.74) is 1.36. The van der Waals surface area contributed by atoms with Crippen LogP contribution in [-0.4, -0.2) is 34.1 Å². The zero-order chi connectivity index (χ0) is 9.68. The summed E-state index contributed by atoms with van der Waals surface area (Å²) < 4.78 is 0. The largest absolute Gasteiger partial charge is 0.390 e. The van der Waals surface area contributed by atoms with Crippen LogP contribution in [0, 0.1) is 6.92 Å². The van der Waals surface area contributed by atoms with Crippen LogP contribution in [0.15, 0.2) is 23.3 Å². The average Bonchev–Trinajstić information content (AvgIpc) is 2.14. The van der Waals surface area contributed by atoms with Crippen LogP contribution in [0.25, 0.3) is 0 Å². The Morgan fingerprint density at radius 3 is 2.69 bits per heavy atom. The van der Waals surface area contributed by atoms with Gasteiger partial charge in [-0.15, -0.1) is 0 Å². The fourth-order valence-corrected chi connectivity index (χ4v) is 0.864. The summed E-state index contributed by atoms with van der Waals surface area (Å²) in [6.45, 7) is 1.44. The third kappa shape index (κ3) is 2.93. The van der Waals surface area contributed by atoms with E-state index in [0.29, 0.717) is 11.5 Å². The van der Waals surface area contributed by atoms with Crippen molar-refractivity contribution in [3.63, 3.8) is 0 Å². The molecule has 0 aliphatic carbocycles. The van der Waals surface area contributed by atoms with Gasteiger partial charge in [0.2, 0.25) is 0 Å². The summed E-state index contributed by atoms with van der Waals surface area (Å²) in [6.07, 6.45) is 1.64. The van der Waals surface area contributed by atoms with E-state index < -0.39 is 0 Å². The number of hydrogen-bond acceptors (Lipinski definition) is 4. The van der Waals surface area contributed by atoms with Gasteiger partial charge in [0, 0.05) is 6.20 Å². The highest BCUT2D eigenvalue weighted by molar-refractivity contribution is 5.88. The molecule has 1 heterocycles. The number of aliphatic imine (C=N–C) groups is 1. The van der Waals surface area contributed by atoms with Crippen LogP contribution in [0.2, 0.25) is 0 Å². The Morgan fingerprint density at radius 2 is 2.15 bits per heavy atom. The second-order valence-electron chi connectivity index (χ2n) is 2.69. The van der Waals surface area contributed by atoms with Gasteiger partial charge in [0.1, 0.15) is 0 Å². The van der Waals surface area contributed by atoms with E-state index >= 15 is 0 Å². The van der Waals surface area contributed by atoms with Crippen molar-refractivity contribution in [1.29, 1.82) is 0 Å². The molecule has 13 heavy (non-hydrogen) atoms. The van der Waals surface area contributed by atoms with Gasteiger partial charge >= 0.3 is 0 Å². The first kappa shape index (κ1) is 9.83. The van der Waals surface area contributed by atoms with Crippen molar-refractivity contribution >= 4 is 11.5 Å². The quantitative estimate of drug-likeness (QED) is 0.663. The molecule has 0 atom stereocenters. The molecule has 1 aromatic heterocycles. The number of nitrogens with zero attached hydrogens (tertiary/aromatic N) is 2. The minimum atomic E-state index is -0.244.